The number of hydrogen-bond acceptors (Lipinski definition) is 3. The van der Waals surface area contributed by atoms with E-state index in [0.29, 0.717) is 11.4 Å². The Morgan fingerprint density at radius 3 is 2.56 bits per heavy atom. The summed E-state index contributed by atoms with van der Waals surface area (Å²) in [4.78, 5) is 23.4. The minimum absolute atomic E-state index is 0. The van der Waals surface area contributed by atoms with Gasteiger partial charge in [0.15, 0.2) is 23.0 Å². The second-order valence-electron chi connectivity index (χ2n) is 5.07. The molecule has 0 fully saturated rings. The number of anilines is 1. The minimum Gasteiger partial charge on any atom is -0.870 e. The number of nitrogens with one attached hydrogen (secondary N) is 2. The summed E-state index contributed by atoms with van der Waals surface area (Å²) in [5.74, 6) is -2.31. The molecule has 2 aromatic carbocycles. The molecular weight excluding hydrogens is 334 g/mol. The van der Waals surface area contributed by atoms with Crippen LogP contribution < -0.4 is 15.6 Å². The van der Waals surface area contributed by atoms with Crippen LogP contribution in [0.5, 0.6) is 0 Å². The van der Waals surface area contributed by atoms with Crippen molar-refractivity contribution in [2.75, 3.05) is 5.32 Å². The van der Waals surface area contributed by atoms with Crippen molar-refractivity contribution >= 4 is 11.6 Å². The summed E-state index contributed by atoms with van der Waals surface area (Å²) in [6.45, 7) is 1.37. The molecule has 0 saturated heterocycles. The van der Waals surface area contributed by atoms with Crippen molar-refractivity contribution in [1.29, 1.82) is 0 Å². The van der Waals surface area contributed by atoms with E-state index >= 15 is 0 Å². The zero-order chi connectivity index (χ0) is 17.3. The number of halogens is 2. The molecule has 1 amide bonds. The van der Waals surface area contributed by atoms with Gasteiger partial charge in [0.25, 0.3) is 0 Å². The third-order valence-electron chi connectivity index (χ3n) is 3.30. The standard InChI is InChI=1S/C16H12F2N4O2.H2O/c1-10(23)19-14-4-2-3-5-15(14)21-9-16(24)22(20-21)11-6-7-12(17)13(18)8-11;/h2-9H,1H3,(H-,19,20,23,24);1H2. The van der Waals surface area contributed by atoms with Gasteiger partial charge in [0, 0.05) is 13.0 Å². The van der Waals surface area contributed by atoms with Crippen molar-refractivity contribution in [1.82, 2.24) is 9.90 Å². The smallest absolute Gasteiger partial charge is 0.398 e. The Morgan fingerprint density at radius 1 is 1.16 bits per heavy atom. The van der Waals surface area contributed by atoms with Gasteiger partial charge in [-0.3, -0.25) is 4.79 Å². The van der Waals surface area contributed by atoms with Gasteiger partial charge in [-0.2, -0.15) is 0 Å². The molecule has 0 aliphatic rings. The van der Waals surface area contributed by atoms with Crippen molar-refractivity contribution in [2.24, 2.45) is 0 Å². The summed E-state index contributed by atoms with van der Waals surface area (Å²) in [6, 6.07) is 9.97. The molecule has 1 heterocycles. The Morgan fingerprint density at radius 2 is 1.88 bits per heavy atom. The maximum atomic E-state index is 13.4. The Balaban J connectivity index is 0.00000225. The van der Waals surface area contributed by atoms with Crippen molar-refractivity contribution in [3.8, 4) is 11.4 Å². The monoisotopic (exact) mass is 348 g/mol. The highest BCUT2D eigenvalue weighted by Crippen LogP contribution is 2.14. The van der Waals surface area contributed by atoms with Gasteiger partial charge in [-0.1, -0.05) is 22.0 Å². The van der Waals surface area contributed by atoms with E-state index in [0.717, 1.165) is 16.8 Å². The lowest BCUT2D eigenvalue weighted by atomic mass is 10.2. The summed E-state index contributed by atoms with van der Waals surface area (Å²) < 4.78 is 28.9. The average Bonchev–Trinajstić information content (AvgIpc) is 2.92. The van der Waals surface area contributed by atoms with Gasteiger partial charge < -0.3 is 10.8 Å². The number of amides is 1. The molecule has 130 valence electrons. The molecule has 9 heteroatoms. The number of carbonyl (C=O) groups excluding carboxylic acids is 1. The fourth-order valence-electron chi connectivity index (χ4n) is 2.27. The number of aromatic nitrogens is 3. The molecule has 0 atom stereocenters. The topological polar surface area (TPSA) is 101 Å². The van der Waals surface area contributed by atoms with Gasteiger partial charge in [0.1, 0.15) is 0 Å². The van der Waals surface area contributed by atoms with E-state index in [1.807, 2.05) is 0 Å². The lowest BCUT2D eigenvalue weighted by Gasteiger charge is -2.05. The molecule has 0 aliphatic heterocycles. The van der Waals surface area contributed by atoms with E-state index in [2.05, 4.69) is 10.5 Å². The third-order valence-corrected chi connectivity index (χ3v) is 3.30. The van der Waals surface area contributed by atoms with Crippen LogP contribution in [0.4, 0.5) is 14.5 Å². The van der Waals surface area contributed by atoms with Crippen LogP contribution in [0, 0.1) is 11.6 Å². The normalized spacial score (nSPS) is 10.2. The van der Waals surface area contributed by atoms with E-state index < -0.39 is 17.2 Å². The molecule has 3 aromatic rings. The molecule has 0 unspecified atom stereocenters. The van der Waals surface area contributed by atoms with Crippen LogP contribution in [-0.4, -0.2) is 21.3 Å². The number of aromatic amines is 1. The van der Waals surface area contributed by atoms with Crippen molar-refractivity contribution < 1.29 is 23.7 Å². The lowest BCUT2D eigenvalue weighted by molar-refractivity contribution is -0.660. The summed E-state index contributed by atoms with van der Waals surface area (Å²) >= 11 is 0. The fourth-order valence-corrected chi connectivity index (χ4v) is 2.27. The zero-order valence-electron chi connectivity index (χ0n) is 13.0. The predicted octanol–water partition coefficient (Wildman–Crippen LogP) is 1.50. The van der Waals surface area contributed by atoms with Crippen LogP contribution in [0.3, 0.4) is 0 Å². The molecule has 7 nitrogen and oxygen atoms in total. The zero-order valence-corrected chi connectivity index (χ0v) is 13.0. The molecule has 0 radical (unpaired) electrons. The molecular formula is C16H14F2N4O3. The number of nitrogens with zero attached hydrogens (tertiary/aromatic N) is 2. The second-order valence-corrected chi connectivity index (χ2v) is 5.07. The Hall–Kier alpha value is -3.33. The first-order chi connectivity index (χ1) is 11.5. The molecule has 3 rings (SSSR count). The average molecular weight is 348 g/mol. The Kier molecular flexibility index (Phi) is 5.08. The van der Waals surface area contributed by atoms with Crippen LogP contribution >= 0.6 is 0 Å². The van der Waals surface area contributed by atoms with Crippen molar-refractivity contribution in [2.45, 2.75) is 6.92 Å². The first-order valence-corrected chi connectivity index (χ1v) is 7.02. The van der Waals surface area contributed by atoms with Crippen LogP contribution in [0.15, 0.2) is 53.5 Å². The SMILES string of the molecule is CC(=O)Nc1ccccc1-[n+]1cc(=O)n(-c2ccc(F)c(F)c2)[nH]1.[OH-]. The number of hydrogen-bond donors (Lipinski definition) is 2. The van der Waals surface area contributed by atoms with Gasteiger partial charge >= 0.3 is 5.56 Å². The maximum Gasteiger partial charge on any atom is 0.398 e. The highest BCUT2D eigenvalue weighted by Gasteiger charge is 2.18. The largest absolute Gasteiger partial charge is 0.870 e. The number of benzene rings is 2. The van der Waals surface area contributed by atoms with Crippen molar-refractivity contribution in [3.05, 3.63) is 70.6 Å². The van der Waals surface area contributed by atoms with Crippen molar-refractivity contribution in [3.63, 3.8) is 0 Å². The Labute approximate surface area is 140 Å². The van der Waals surface area contributed by atoms with Gasteiger partial charge in [-0.15, -0.1) is 4.68 Å². The first-order valence-electron chi connectivity index (χ1n) is 7.02. The fraction of sp³-hybridized carbons (Fsp3) is 0.0625. The van der Waals surface area contributed by atoms with E-state index in [9.17, 15) is 18.4 Å². The van der Waals surface area contributed by atoms with Gasteiger partial charge in [0.05, 0.1) is 5.69 Å². The second kappa shape index (κ2) is 7.05. The van der Waals surface area contributed by atoms with Gasteiger partial charge in [0.2, 0.25) is 12.1 Å². The van der Waals surface area contributed by atoms with E-state index in [1.165, 1.54) is 23.9 Å². The van der Waals surface area contributed by atoms with E-state index in [-0.39, 0.29) is 17.1 Å². The number of H-pyrrole nitrogens is 1. The van der Waals surface area contributed by atoms with Gasteiger partial charge in [-0.05, 0) is 24.3 Å². The van der Waals surface area contributed by atoms with Gasteiger partial charge in [-0.25, -0.2) is 13.6 Å². The number of para-hydroxylation sites is 2. The first kappa shape index (κ1) is 18.0. The minimum atomic E-state index is -1.06. The number of carbonyl (C=O) groups is 1. The van der Waals surface area contributed by atoms with E-state index in [4.69, 9.17) is 0 Å². The third kappa shape index (κ3) is 3.61. The number of rotatable bonds is 3. The lowest BCUT2D eigenvalue weighted by Crippen LogP contribution is -2.34. The summed E-state index contributed by atoms with van der Waals surface area (Å²) in [5.41, 5.74) is 0.688. The van der Waals surface area contributed by atoms with Crippen LogP contribution in [0.1, 0.15) is 6.92 Å². The predicted molar refractivity (Wildman–Crippen MR) is 84.1 cm³/mol. The molecule has 0 bridgehead atoms. The summed E-state index contributed by atoms with van der Waals surface area (Å²) in [6.07, 6.45) is 1.24. The molecule has 3 N–H and O–H groups in total. The van der Waals surface area contributed by atoms with E-state index in [1.54, 1.807) is 24.3 Å². The highest BCUT2D eigenvalue weighted by atomic mass is 19.2. The summed E-state index contributed by atoms with van der Waals surface area (Å²) in [7, 11) is 0. The molecule has 0 spiro atoms. The maximum absolute atomic E-state index is 13.4. The Bertz CT molecular complexity index is 982. The molecule has 0 saturated carbocycles. The van der Waals surface area contributed by atoms with Crippen LogP contribution in [0.25, 0.3) is 11.4 Å². The highest BCUT2D eigenvalue weighted by molar-refractivity contribution is 5.90. The summed E-state index contributed by atoms with van der Waals surface area (Å²) in [5, 5.41) is 5.41. The van der Waals surface area contributed by atoms with Crippen LogP contribution in [-0.2, 0) is 4.79 Å². The molecule has 1 aromatic heterocycles. The van der Waals surface area contributed by atoms with Crippen LogP contribution in [0.2, 0.25) is 0 Å². The quantitative estimate of drug-likeness (QED) is 0.702. The molecule has 0 aliphatic carbocycles. The molecule has 25 heavy (non-hydrogen) atoms.